The molecule has 4 heterocycles. The number of sulfonamides is 1. The minimum atomic E-state index is -3.10. The Morgan fingerprint density at radius 3 is 2.50 bits per heavy atom. The molecular formula is C26H29N5O2S. The van der Waals surface area contributed by atoms with Crippen LogP contribution in [-0.2, 0) is 16.6 Å². The fraction of sp³-hybridized carbons (Fsp3) is 0.308. The zero-order valence-corrected chi connectivity index (χ0v) is 20.3. The average molecular weight is 476 g/mol. The molecule has 7 nitrogen and oxygen atoms in total. The summed E-state index contributed by atoms with van der Waals surface area (Å²) in [7, 11) is -3.10. The highest BCUT2D eigenvalue weighted by atomic mass is 32.2. The van der Waals surface area contributed by atoms with Crippen LogP contribution in [0, 0.1) is 6.92 Å². The first-order valence-electron chi connectivity index (χ1n) is 11.6. The number of benzene rings is 1. The number of piperidine rings is 1. The molecule has 0 radical (unpaired) electrons. The normalized spacial score (nSPS) is 16.6. The summed E-state index contributed by atoms with van der Waals surface area (Å²) < 4.78 is 25.1. The van der Waals surface area contributed by atoms with Gasteiger partial charge < -0.3 is 10.6 Å². The van der Waals surface area contributed by atoms with E-state index in [1.54, 1.807) is 4.31 Å². The van der Waals surface area contributed by atoms with Crippen LogP contribution in [0.2, 0.25) is 0 Å². The second kappa shape index (κ2) is 9.19. The molecule has 2 aromatic heterocycles. The van der Waals surface area contributed by atoms with E-state index >= 15 is 0 Å². The Morgan fingerprint density at radius 2 is 1.79 bits per heavy atom. The molecular weight excluding hydrogens is 446 g/mol. The number of pyridine rings is 2. The molecule has 2 aliphatic rings. The quantitative estimate of drug-likeness (QED) is 0.569. The van der Waals surface area contributed by atoms with Crippen LogP contribution in [-0.4, -0.2) is 42.0 Å². The zero-order valence-electron chi connectivity index (χ0n) is 19.5. The lowest BCUT2D eigenvalue weighted by molar-refractivity contribution is 0.321. The van der Waals surface area contributed by atoms with Gasteiger partial charge in [-0.1, -0.05) is 18.2 Å². The Balaban J connectivity index is 1.37. The summed E-state index contributed by atoms with van der Waals surface area (Å²) in [6.07, 6.45) is 7.01. The Morgan fingerprint density at radius 1 is 1.03 bits per heavy atom. The highest BCUT2D eigenvalue weighted by molar-refractivity contribution is 7.88. The summed E-state index contributed by atoms with van der Waals surface area (Å²) in [6, 6.07) is 16.5. The van der Waals surface area contributed by atoms with E-state index in [-0.39, 0.29) is 0 Å². The number of aryl methyl sites for hydroxylation is 1. The fourth-order valence-electron chi connectivity index (χ4n) is 4.65. The molecule has 0 amide bonds. The standard InChI is InChI=1S/C26H29N5O2S/c1-18-4-3-5-24(28-18)25-16-21-10-13-27-17-23(21)26(30-25)29-22-8-6-19(7-9-22)20-11-14-31(15-12-20)34(2,32)33/h3-10,13,16,20,27H,11-12,14-15,17H2,1-2H3,(H,29,30). The number of nitrogens with zero attached hydrogens (tertiary/aromatic N) is 3. The van der Waals surface area contributed by atoms with E-state index in [4.69, 9.17) is 4.98 Å². The third-order valence-corrected chi connectivity index (χ3v) is 7.84. The first-order valence-corrected chi connectivity index (χ1v) is 13.4. The summed E-state index contributed by atoms with van der Waals surface area (Å²) in [5.41, 5.74) is 7.12. The summed E-state index contributed by atoms with van der Waals surface area (Å²) in [5.74, 6) is 1.20. The Labute approximate surface area is 201 Å². The van der Waals surface area contributed by atoms with Crippen LogP contribution in [0.5, 0.6) is 0 Å². The third-order valence-electron chi connectivity index (χ3n) is 6.54. The van der Waals surface area contributed by atoms with Crippen molar-refractivity contribution in [2.75, 3.05) is 24.7 Å². The molecule has 0 atom stereocenters. The molecule has 0 saturated carbocycles. The largest absolute Gasteiger partial charge is 0.387 e. The molecule has 2 aliphatic heterocycles. The minimum absolute atomic E-state index is 0.378. The van der Waals surface area contributed by atoms with Gasteiger partial charge in [-0.25, -0.2) is 17.7 Å². The first kappa shape index (κ1) is 22.6. The van der Waals surface area contributed by atoms with Crippen LogP contribution in [0.1, 0.15) is 41.1 Å². The van der Waals surface area contributed by atoms with Gasteiger partial charge in [0.25, 0.3) is 0 Å². The average Bonchev–Trinajstić information content (AvgIpc) is 2.84. The van der Waals surface area contributed by atoms with E-state index in [0.29, 0.717) is 25.6 Å². The van der Waals surface area contributed by atoms with Crippen LogP contribution in [0.15, 0.2) is 54.7 Å². The van der Waals surface area contributed by atoms with Gasteiger partial charge in [0.2, 0.25) is 10.0 Å². The Bertz CT molecular complexity index is 1330. The molecule has 1 saturated heterocycles. The van der Waals surface area contributed by atoms with Crippen molar-refractivity contribution >= 4 is 27.6 Å². The highest BCUT2D eigenvalue weighted by Crippen LogP contribution is 2.32. The lowest BCUT2D eigenvalue weighted by Gasteiger charge is -2.30. The number of rotatable bonds is 5. The van der Waals surface area contributed by atoms with E-state index in [0.717, 1.165) is 52.6 Å². The predicted molar refractivity (Wildman–Crippen MR) is 136 cm³/mol. The van der Waals surface area contributed by atoms with Crippen molar-refractivity contribution in [1.29, 1.82) is 0 Å². The lowest BCUT2D eigenvalue weighted by Crippen LogP contribution is -2.37. The van der Waals surface area contributed by atoms with Crippen molar-refractivity contribution in [3.8, 4) is 11.4 Å². The van der Waals surface area contributed by atoms with Gasteiger partial charge in [0, 0.05) is 36.6 Å². The maximum Gasteiger partial charge on any atom is 0.211 e. The van der Waals surface area contributed by atoms with Crippen LogP contribution in [0.3, 0.4) is 0 Å². The second-order valence-corrected chi connectivity index (χ2v) is 11.0. The van der Waals surface area contributed by atoms with E-state index in [9.17, 15) is 8.42 Å². The molecule has 176 valence electrons. The third kappa shape index (κ3) is 4.83. The van der Waals surface area contributed by atoms with Crippen molar-refractivity contribution < 1.29 is 8.42 Å². The van der Waals surface area contributed by atoms with Gasteiger partial charge in [0.15, 0.2) is 0 Å². The van der Waals surface area contributed by atoms with E-state index in [1.165, 1.54) is 11.8 Å². The number of hydrogen-bond donors (Lipinski definition) is 2. The van der Waals surface area contributed by atoms with Crippen molar-refractivity contribution in [3.63, 3.8) is 0 Å². The first-order chi connectivity index (χ1) is 16.4. The van der Waals surface area contributed by atoms with Crippen LogP contribution in [0.4, 0.5) is 11.5 Å². The summed E-state index contributed by atoms with van der Waals surface area (Å²) in [6.45, 7) is 3.86. The Hall–Kier alpha value is -3.23. The van der Waals surface area contributed by atoms with Crippen LogP contribution in [0.25, 0.3) is 17.5 Å². The highest BCUT2D eigenvalue weighted by Gasteiger charge is 2.25. The zero-order chi connectivity index (χ0) is 23.7. The van der Waals surface area contributed by atoms with Gasteiger partial charge in [-0.2, -0.15) is 0 Å². The molecule has 2 N–H and O–H groups in total. The van der Waals surface area contributed by atoms with E-state index in [1.807, 2.05) is 31.3 Å². The van der Waals surface area contributed by atoms with Gasteiger partial charge in [-0.3, -0.25) is 4.98 Å². The maximum absolute atomic E-state index is 11.8. The minimum Gasteiger partial charge on any atom is -0.387 e. The second-order valence-electron chi connectivity index (χ2n) is 8.99. The molecule has 0 spiro atoms. The number of anilines is 2. The number of aromatic nitrogens is 2. The van der Waals surface area contributed by atoms with Crippen molar-refractivity contribution in [1.82, 2.24) is 19.6 Å². The van der Waals surface area contributed by atoms with Gasteiger partial charge in [-0.05, 0) is 79.4 Å². The molecule has 5 rings (SSSR count). The van der Waals surface area contributed by atoms with Gasteiger partial charge >= 0.3 is 0 Å². The van der Waals surface area contributed by atoms with Gasteiger partial charge in [-0.15, -0.1) is 0 Å². The molecule has 0 unspecified atom stereocenters. The molecule has 3 aromatic rings. The van der Waals surface area contributed by atoms with Crippen molar-refractivity contribution in [2.24, 2.45) is 0 Å². The summed E-state index contributed by atoms with van der Waals surface area (Å²) in [4.78, 5) is 9.58. The maximum atomic E-state index is 11.8. The molecule has 0 aliphatic carbocycles. The van der Waals surface area contributed by atoms with Crippen LogP contribution >= 0.6 is 0 Å². The Kier molecular flexibility index (Phi) is 6.10. The van der Waals surface area contributed by atoms with Crippen LogP contribution < -0.4 is 10.6 Å². The fourth-order valence-corrected chi connectivity index (χ4v) is 5.53. The molecule has 1 fully saturated rings. The monoisotopic (exact) mass is 475 g/mol. The molecule has 1 aromatic carbocycles. The predicted octanol–water partition coefficient (Wildman–Crippen LogP) is 4.41. The van der Waals surface area contributed by atoms with Crippen molar-refractivity contribution in [3.05, 3.63) is 77.1 Å². The summed E-state index contributed by atoms with van der Waals surface area (Å²) in [5, 5.41) is 6.79. The number of nitrogens with one attached hydrogen (secondary N) is 2. The van der Waals surface area contributed by atoms with E-state index < -0.39 is 10.0 Å². The van der Waals surface area contributed by atoms with E-state index in [2.05, 4.69) is 52.0 Å². The smallest absolute Gasteiger partial charge is 0.211 e. The van der Waals surface area contributed by atoms with Gasteiger partial charge in [0.1, 0.15) is 5.82 Å². The summed E-state index contributed by atoms with van der Waals surface area (Å²) >= 11 is 0. The van der Waals surface area contributed by atoms with Gasteiger partial charge in [0.05, 0.1) is 17.6 Å². The SMILES string of the molecule is Cc1cccc(-c2cc3c(c(Nc4ccc(C5CCN(S(C)(=O)=O)CC5)cc4)n2)CNC=C3)n1. The lowest BCUT2D eigenvalue weighted by atomic mass is 9.90. The number of fused-ring (bicyclic) bond motifs is 1. The van der Waals surface area contributed by atoms with Crippen molar-refractivity contribution in [2.45, 2.75) is 32.2 Å². The molecule has 8 heteroatoms. The molecule has 0 bridgehead atoms. The topological polar surface area (TPSA) is 87.2 Å². The molecule has 34 heavy (non-hydrogen) atoms. The number of hydrogen-bond acceptors (Lipinski definition) is 6.